The first-order chi connectivity index (χ1) is 8.20. The molecule has 0 radical (unpaired) electrons. The van der Waals surface area contributed by atoms with Gasteiger partial charge in [0.15, 0.2) is 0 Å². The highest BCUT2D eigenvalue weighted by Crippen LogP contribution is 2.27. The molecule has 0 saturated heterocycles. The van der Waals surface area contributed by atoms with E-state index in [0.717, 1.165) is 25.7 Å². The summed E-state index contributed by atoms with van der Waals surface area (Å²) >= 11 is 5.86. The average Bonchev–Trinajstić information content (AvgIpc) is 2.83. The van der Waals surface area contributed by atoms with Gasteiger partial charge in [-0.2, -0.15) is 5.26 Å². The van der Waals surface area contributed by atoms with E-state index >= 15 is 0 Å². The molecular weight excluding hydrogens is 236 g/mol. The summed E-state index contributed by atoms with van der Waals surface area (Å²) < 4.78 is 0. The van der Waals surface area contributed by atoms with Crippen LogP contribution in [0.4, 0.5) is 5.69 Å². The van der Waals surface area contributed by atoms with Crippen LogP contribution in [0.3, 0.4) is 0 Å². The number of hydrogen-bond donors (Lipinski definition) is 1. The second-order valence-electron chi connectivity index (χ2n) is 4.27. The van der Waals surface area contributed by atoms with Crippen molar-refractivity contribution >= 4 is 23.2 Å². The quantitative estimate of drug-likeness (QED) is 0.873. The van der Waals surface area contributed by atoms with Gasteiger partial charge in [0.05, 0.1) is 11.3 Å². The van der Waals surface area contributed by atoms with Gasteiger partial charge >= 0.3 is 0 Å². The lowest BCUT2D eigenvalue weighted by molar-refractivity contribution is -0.119. The lowest BCUT2D eigenvalue weighted by Crippen LogP contribution is -2.20. The number of carbonyl (C=O) groups is 1. The number of anilines is 1. The Kier molecular flexibility index (Phi) is 3.65. The molecule has 0 bridgehead atoms. The number of benzene rings is 1. The predicted molar refractivity (Wildman–Crippen MR) is 66.8 cm³/mol. The van der Waals surface area contributed by atoms with Crippen LogP contribution in [0.5, 0.6) is 0 Å². The third-order valence-electron chi connectivity index (χ3n) is 3.09. The van der Waals surface area contributed by atoms with Crippen molar-refractivity contribution in [3.8, 4) is 6.07 Å². The molecule has 1 amide bonds. The Bertz CT molecular complexity index is 473. The van der Waals surface area contributed by atoms with Crippen molar-refractivity contribution in [1.29, 1.82) is 5.26 Å². The fourth-order valence-electron chi connectivity index (χ4n) is 2.14. The van der Waals surface area contributed by atoms with Gasteiger partial charge in [0.25, 0.3) is 0 Å². The molecule has 1 aliphatic carbocycles. The van der Waals surface area contributed by atoms with Crippen LogP contribution in [0.15, 0.2) is 18.2 Å². The van der Waals surface area contributed by atoms with Crippen molar-refractivity contribution in [3.05, 3.63) is 28.8 Å². The minimum atomic E-state index is 0.00117. The maximum absolute atomic E-state index is 11.9. The van der Waals surface area contributed by atoms with E-state index in [4.69, 9.17) is 16.9 Å². The summed E-state index contributed by atoms with van der Waals surface area (Å²) in [6.07, 6.45) is 4.10. The number of halogens is 1. The molecule has 0 unspecified atom stereocenters. The smallest absolute Gasteiger partial charge is 0.227 e. The lowest BCUT2D eigenvalue weighted by Gasteiger charge is -2.11. The molecule has 1 aromatic carbocycles. The van der Waals surface area contributed by atoms with Crippen LogP contribution in [0.2, 0.25) is 5.02 Å². The molecule has 1 fully saturated rings. The maximum Gasteiger partial charge on any atom is 0.227 e. The van der Waals surface area contributed by atoms with Crippen LogP contribution in [-0.4, -0.2) is 5.91 Å². The first-order valence-electron chi connectivity index (χ1n) is 5.71. The van der Waals surface area contributed by atoms with Crippen LogP contribution in [0.1, 0.15) is 31.2 Å². The van der Waals surface area contributed by atoms with Crippen LogP contribution in [0, 0.1) is 17.2 Å². The molecule has 17 heavy (non-hydrogen) atoms. The second kappa shape index (κ2) is 5.20. The van der Waals surface area contributed by atoms with Crippen molar-refractivity contribution < 1.29 is 4.79 Å². The summed E-state index contributed by atoms with van der Waals surface area (Å²) in [5.41, 5.74) is 0.956. The molecule has 4 heteroatoms. The topological polar surface area (TPSA) is 52.9 Å². The van der Waals surface area contributed by atoms with Crippen LogP contribution < -0.4 is 5.32 Å². The summed E-state index contributed by atoms with van der Waals surface area (Å²) in [6, 6.07) is 6.93. The summed E-state index contributed by atoms with van der Waals surface area (Å²) in [4.78, 5) is 11.9. The van der Waals surface area contributed by atoms with Crippen molar-refractivity contribution in [3.63, 3.8) is 0 Å². The fourth-order valence-corrected chi connectivity index (χ4v) is 2.31. The molecule has 1 aromatic rings. The van der Waals surface area contributed by atoms with Gasteiger partial charge in [0.2, 0.25) is 5.91 Å². The number of rotatable bonds is 2. The third-order valence-corrected chi connectivity index (χ3v) is 3.32. The maximum atomic E-state index is 11.9. The normalized spacial score (nSPS) is 15.5. The Labute approximate surface area is 105 Å². The highest BCUT2D eigenvalue weighted by molar-refractivity contribution is 6.31. The van der Waals surface area contributed by atoms with Crippen LogP contribution in [-0.2, 0) is 4.79 Å². The van der Waals surface area contributed by atoms with Gasteiger partial charge in [-0.15, -0.1) is 0 Å². The molecule has 0 atom stereocenters. The molecule has 0 aromatic heterocycles. The molecule has 0 heterocycles. The minimum absolute atomic E-state index is 0.00117. The molecule has 0 spiro atoms. The third kappa shape index (κ3) is 2.78. The molecule has 1 aliphatic rings. The zero-order valence-corrected chi connectivity index (χ0v) is 10.1. The van der Waals surface area contributed by atoms with Crippen LogP contribution in [0.25, 0.3) is 0 Å². The minimum Gasteiger partial charge on any atom is -0.325 e. The molecule has 88 valence electrons. The summed E-state index contributed by atoms with van der Waals surface area (Å²) in [5, 5.41) is 12.3. The van der Waals surface area contributed by atoms with Crippen molar-refractivity contribution in [1.82, 2.24) is 0 Å². The van der Waals surface area contributed by atoms with E-state index in [1.54, 1.807) is 18.2 Å². The SMILES string of the molecule is N#Cc1ccc(Cl)cc1NC(=O)C1CCCC1. The zero-order valence-electron chi connectivity index (χ0n) is 9.37. The number of nitriles is 1. The van der Waals surface area contributed by atoms with E-state index in [1.165, 1.54) is 0 Å². The molecule has 1 N–H and O–H groups in total. The summed E-state index contributed by atoms with van der Waals surface area (Å²) in [5.74, 6) is 0.0850. The number of nitrogens with zero attached hydrogens (tertiary/aromatic N) is 1. The molecule has 2 rings (SSSR count). The zero-order chi connectivity index (χ0) is 12.3. The standard InChI is InChI=1S/C13H13ClN2O/c14-11-6-5-10(8-15)12(7-11)16-13(17)9-3-1-2-4-9/h5-7,9H,1-4H2,(H,16,17). The van der Waals surface area contributed by atoms with E-state index in [1.807, 2.05) is 6.07 Å². The first-order valence-corrected chi connectivity index (χ1v) is 6.09. The lowest BCUT2D eigenvalue weighted by atomic mass is 10.1. The van der Waals surface area contributed by atoms with Crippen molar-refractivity contribution in [2.24, 2.45) is 5.92 Å². The molecular formula is C13H13ClN2O. The number of amides is 1. The largest absolute Gasteiger partial charge is 0.325 e. The van der Waals surface area contributed by atoms with E-state index in [-0.39, 0.29) is 11.8 Å². The van der Waals surface area contributed by atoms with Crippen molar-refractivity contribution in [2.75, 3.05) is 5.32 Å². The Morgan fingerprint density at radius 3 is 2.76 bits per heavy atom. The average molecular weight is 249 g/mol. The number of hydrogen-bond acceptors (Lipinski definition) is 2. The van der Waals surface area contributed by atoms with Gasteiger partial charge in [-0.1, -0.05) is 24.4 Å². The van der Waals surface area contributed by atoms with Crippen LogP contribution >= 0.6 is 11.6 Å². The van der Waals surface area contributed by atoms with Gasteiger partial charge in [0, 0.05) is 10.9 Å². The Hall–Kier alpha value is -1.53. The van der Waals surface area contributed by atoms with Gasteiger partial charge in [-0.25, -0.2) is 0 Å². The van der Waals surface area contributed by atoms with Gasteiger partial charge < -0.3 is 5.32 Å². The molecule has 1 saturated carbocycles. The molecule has 0 aliphatic heterocycles. The molecule has 3 nitrogen and oxygen atoms in total. The summed E-state index contributed by atoms with van der Waals surface area (Å²) in [7, 11) is 0. The van der Waals surface area contributed by atoms with Gasteiger partial charge in [-0.05, 0) is 31.0 Å². The van der Waals surface area contributed by atoms with E-state index < -0.39 is 0 Å². The second-order valence-corrected chi connectivity index (χ2v) is 4.71. The monoisotopic (exact) mass is 248 g/mol. The summed E-state index contributed by atoms with van der Waals surface area (Å²) in [6.45, 7) is 0. The van der Waals surface area contributed by atoms with E-state index in [2.05, 4.69) is 5.32 Å². The Balaban J connectivity index is 2.15. The van der Waals surface area contributed by atoms with E-state index in [0.29, 0.717) is 16.3 Å². The Morgan fingerprint density at radius 2 is 2.12 bits per heavy atom. The number of nitrogens with one attached hydrogen (secondary N) is 1. The van der Waals surface area contributed by atoms with E-state index in [9.17, 15) is 4.79 Å². The Morgan fingerprint density at radius 1 is 1.41 bits per heavy atom. The number of carbonyl (C=O) groups excluding carboxylic acids is 1. The fraction of sp³-hybridized carbons (Fsp3) is 0.385. The first kappa shape index (κ1) is 11.9. The highest BCUT2D eigenvalue weighted by Gasteiger charge is 2.23. The highest BCUT2D eigenvalue weighted by atomic mass is 35.5. The predicted octanol–water partition coefficient (Wildman–Crippen LogP) is 3.34. The van der Waals surface area contributed by atoms with Crippen molar-refractivity contribution in [2.45, 2.75) is 25.7 Å². The van der Waals surface area contributed by atoms with Gasteiger partial charge in [0.1, 0.15) is 6.07 Å². The van der Waals surface area contributed by atoms with Gasteiger partial charge in [-0.3, -0.25) is 4.79 Å².